The molecule has 1 heterocycles. The molecule has 1 aliphatic rings. The van der Waals surface area contributed by atoms with E-state index in [-0.39, 0.29) is 0 Å². The fourth-order valence-corrected chi connectivity index (χ4v) is 2.76. The molecule has 1 fully saturated rings. The predicted octanol–water partition coefficient (Wildman–Crippen LogP) is 2.06. The molecule has 1 unspecified atom stereocenters. The zero-order valence-electron chi connectivity index (χ0n) is 12.6. The van der Waals surface area contributed by atoms with E-state index >= 15 is 0 Å². The topological polar surface area (TPSA) is 47.7 Å². The fraction of sp³-hybridized carbons (Fsp3) is 0.562. The highest BCUT2D eigenvalue weighted by Crippen LogP contribution is 2.18. The number of nitrogens with two attached hydrogens (primary N) is 1. The molecule has 1 aromatic carbocycles. The first-order chi connectivity index (χ1) is 10.2. The Morgan fingerprint density at radius 1 is 1.48 bits per heavy atom. The van der Waals surface area contributed by atoms with E-state index in [2.05, 4.69) is 11.9 Å². The first kappa shape index (κ1) is 16.2. The monoisotopic (exact) mass is 308 g/mol. The van der Waals surface area contributed by atoms with Crippen molar-refractivity contribution in [2.45, 2.75) is 12.8 Å². The number of hydrogen-bond acceptors (Lipinski definition) is 4. The van der Waals surface area contributed by atoms with E-state index in [4.69, 9.17) is 27.4 Å². The van der Waals surface area contributed by atoms with Crippen molar-refractivity contribution in [3.63, 3.8) is 0 Å². The van der Waals surface area contributed by atoms with Gasteiger partial charge in [-0.3, -0.25) is 0 Å². The van der Waals surface area contributed by atoms with Crippen molar-refractivity contribution in [3.05, 3.63) is 29.8 Å². The van der Waals surface area contributed by atoms with Gasteiger partial charge in [0.25, 0.3) is 0 Å². The summed E-state index contributed by atoms with van der Waals surface area (Å²) >= 11 is 5.03. The van der Waals surface area contributed by atoms with E-state index in [1.807, 2.05) is 24.3 Å². The predicted molar refractivity (Wildman–Crippen MR) is 88.9 cm³/mol. The average molecular weight is 308 g/mol. The van der Waals surface area contributed by atoms with Crippen LogP contribution in [-0.4, -0.2) is 49.8 Å². The maximum Gasteiger partial charge on any atom is 0.129 e. The smallest absolute Gasteiger partial charge is 0.129 e. The highest BCUT2D eigenvalue weighted by molar-refractivity contribution is 7.80. The van der Waals surface area contributed by atoms with Gasteiger partial charge in [0, 0.05) is 19.7 Å². The second-order valence-corrected chi connectivity index (χ2v) is 5.99. The number of para-hydroxylation sites is 1. The molecule has 2 N–H and O–H groups in total. The summed E-state index contributed by atoms with van der Waals surface area (Å²) in [5, 5.41) is 0. The van der Waals surface area contributed by atoms with Gasteiger partial charge in [0.15, 0.2) is 0 Å². The number of hydrogen-bond donors (Lipinski definition) is 1. The lowest BCUT2D eigenvalue weighted by Gasteiger charge is -2.27. The van der Waals surface area contributed by atoms with Crippen molar-refractivity contribution in [1.29, 1.82) is 0 Å². The Morgan fingerprint density at radius 2 is 2.29 bits per heavy atom. The van der Waals surface area contributed by atoms with Crippen molar-refractivity contribution in [2.75, 3.05) is 40.0 Å². The first-order valence-corrected chi connectivity index (χ1v) is 7.85. The third kappa shape index (κ3) is 5.26. The van der Waals surface area contributed by atoms with E-state index in [1.165, 1.54) is 12.8 Å². The second kappa shape index (κ2) is 8.32. The summed E-state index contributed by atoms with van der Waals surface area (Å²) in [6.07, 6.45) is 2.44. The molecule has 0 spiro atoms. The van der Waals surface area contributed by atoms with Crippen LogP contribution in [0.3, 0.4) is 0 Å². The van der Waals surface area contributed by atoms with E-state index in [0.29, 0.717) is 17.5 Å². The van der Waals surface area contributed by atoms with Crippen LogP contribution in [0.1, 0.15) is 18.4 Å². The Labute approximate surface area is 132 Å². The van der Waals surface area contributed by atoms with Gasteiger partial charge in [-0.25, -0.2) is 0 Å². The van der Waals surface area contributed by atoms with Gasteiger partial charge in [-0.2, -0.15) is 0 Å². The van der Waals surface area contributed by atoms with Crippen LogP contribution < -0.4 is 10.5 Å². The number of ether oxygens (including phenoxy) is 2. The van der Waals surface area contributed by atoms with Crippen LogP contribution >= 0.6 is 12.2 Å². The van der Waals surface area contributed by atoms with Gasteiger partial charge in [0.1, 0.15) is 17.3 Å². The summed E-state index contributed by atoms with van der Waals surface area (Å²) in [6.45, 7) is 4.36. The second-order valence-electron chi connectivity index (χ2n) is 5.55. The fourth-order valence-electron chi connectivity index (χ4n) is 2.59. The molecule has 2 rings (SSSR count). The van der Waals surface area contributed by atoms with Crippen LogP contribution in [-0.2, 0) is 4.74 Å². The van der Waals surface area contributed by atoms with Gasteiger partial charge in [0.2, 0.25) is 0 Å². The molecule has 1 saturated heterocycles. The summed E-state index contributed by atoms with van der Waals surface area (Å²) in [4.78, 5) is 2.67. The number of thiocarbonyl (C=S) groups is 1. The Balaban J connectivity index is 1.74. The minimum Gasteiger partial charge on any atom is -0.492 e. The Hall–Kier alpha value is -1.17. The summed E-state index contributed by atoms with van der Waals surface area (Å²) < 4.78 is 11.3. The Kier molecular flexibility index (Phi) is 6.42. The molecule has 1 aromatic rings. The lowest BCUT2D eigenvalue weighted by atomic mass is 10.0. The van der Waals surface area contributed by atoms with E-state index in [0.717, 1.165) is 37.6 Å². The van der Waals surface area contributed by atoms with E-state index in [1.54, 1.807) is 0 Å². The lowest BCUT2D eigenvalue weighted by molar-refractivity contribution is 0.0405. The molecule has 0 aliphatic carbocycles. The zero-order chi connectivity index (χ0) is 15.1. The van der Waals surface area contributed by atoms with Crippen molar-refractivity contribution in [2.24, 2.45) is 11.7 Å². The molecule has 1 aliphatic heterocycles. The number of benzene rings is 1. The van der Waals surface area contributed by atoms with Crippen LogP contribution in [0, 0.1) is 5.92 Å². The van der Waals surface area contributed by atoms with Gasteiger partial charge < -0.3 is 20.1 Å². The Morgan fingerprint density at radius 3 is 3.00 bits per heavy atom. The first-order valence-electron chi connectivity index (χ1n) is 7.44. The molecular formula is C16H24N2O2S. The van der Waals surface area contributed by atoms with Crippen LogP contribution in [0.4, 0.5) is 0 Å². The maximum absolute atomic E-state index is 5.82. The number of rotatable bonds is 7. The molecule has 0 aromatic heterocycles. The van der Waals surface area contributed by atoms with E-state index in [9.17, 15) is 0 Å². The maximum atomic E-state index is 5.82. The zero-order valence-corrected chi connectivity index (χ0v) is 13.4. The van der Waals surface area contributed by atoms with Crippen molar-refractivity contribution in [3.8, 4) is 5.75 Å². The minimum atomic E-state index is 0.373. The Bertz CT molecular complexity index is 461. The summed E-state index contributed by atoms with van der Waals surface area (Å²) in [7, 11) is 2.12. The van der Waals surface area contributed by atoms with E-state index < -0.39 is 0 Å². The van der Waals surface area contributed by atoms with Gasteiger partial charge in [-0.1, -0.05) is 24.4 Å². The molecule has 5 heteroatoms. The normalized spacial score (nSPS) is 18.7. The third-order valence-corrected chi connectivity index (χ3v) is 3.93. The number of nitrogens with zero attached hydrogens (tertiary/aromatic N) is 1. The highest BCUT2D eigenvalue weighted by Gasteiger charge is 2.15. The molecule has 4 nitrogen and oxygen atoms in total. The number of likely N-dealkylation sites (N-methyl/N-ethyl adjacent to an activating group) is 1. The lowest BCUT2D eigenvalue weighted by Crippen LogP contribution is -2.33. The van der Waals surface area contributed by atoms with Gasteiger partial charge >= 0.3 is 0 Å². The van der Waals surface area contributed by atoms with Crippen LogP contribution in [0.2, 0.25) is 0 Å². The van der Waals surface area contributed by atoms with Crippen LogP contribution in [0.25, 0.3) is 0 Å². The SMILES string of the molecule is CN(CCOc1ccccc1C(N)=S)CC1CCCOC1. The van der Waals surface area contributed by atoms with Crippen LogP contribution in [0.5, 0.6) is 5.75 Å². The molecular weight excluding hydrogens is 284 g/mol. The molecule has 1 atom stereocenters. The molecule has 0 saturated carbocycles. The van der Waals surface area contributed by atoms with Crippen LogP contribution in [0.15, 0.2) is 24.3 Å². The van der Waals surface area contributed by atoms with Gasteiger partial charge in [-0.05, 0) is 37.9 Å². The van der Waals surface area contributed by atoms with Gasteiger partial charge in [-0.15, -0.1) is 0 Å². The van der Waals surface area contributed by atoms with Crippen molar-refractivity contribution >= 4 is 17.2 Å². The third-order valence-electron chi connectivity index (χ3n) is 3.71. The average Bonchev–Trinajstić information content (AvgIpc) is 2.48. The standard InChI is InChI=1S/C16H24N2O2S/c1-18(11-13-5-4-9-19-12-13)8-10-20-15-7-3-2-6-14(15)16(17)21/h2-3,6-7,13H,4-5,8-12H2,1H3,(H2,17,21). The molecule has 116 valence electrons. The van der Waals surface area contributed by atoms with Crippen molar-refractivity contribution in [1.82, 2.24) is 4.90 Å². The molecule has 0 amide bonds. The van der Waals surface area contributed by atoms with Gasteiger partial charge in [0.05, 0.1) is 12.2 Å². The molecule has 0 bridgehead atoms. The summed E-state index contributed by atoms with van der Waals surface area (Å²) in [5.74, 6) is 1.41. The quantitative estimate of drug-likeness (QED) is 0.781. The summed E-state index contributed by atoms with van der Waals surface area (Å²) in [6, 6.07) is 7.64. The molecule has 21 heavy (non-hydrogen) atoms. The molecule has 0 radical (unpaired) electrons. The highest BCUT2D eigenvalue weighted by atomic mass is 32.1. The largest absolute Gasteiger partial charge is 0.492 e. The summed E-state index contributed by atoms with van der Waals surface area (Å²) in [5.41, 5.74) is 6.50. The van der Waals surface area contributed by atoms with Crippen molar-refractivity contribution < 1.29 is 9.47 Å². The minimum absolute atomic E-state index is 0.373.